The van der Waals surface area contributed by atoms with Crippen LogP contribution in [-0.2, 0) is 12.8 Å². The second-order valence-electron chi connectivity index (χ2n) is 5.70. The molecule has 17 heavy (non-hydrogen) atoms. The van der Waals surface area contributed by atoms with Gasteiger partial charge in [0, 0.05) is 12.1 Å². The molecule has 0 saturated heterocycles. The summed E-state index contributed by atoms with van der Waals surface area (Å²) >= 11 is 0. The molecule has 1 aromatic rings. The lowest BCUT2D eigenvalue weighted by atomic mass is 9.77. The van der Waals surface area contributed by atoms with Crippen molar-refractivity contribution in [3.05, 3.63) is 35.4 Å². The summed E-state index contributed by atoms with van der Waals surface area (Å²) in [7, 11) is 0. The maximum Gasteiger partial charge on any atom is 0.0347 e. The SMILES string of the molecule is CC(C)CNC1(CN)CCc2ccccc2C1. The van der Waals surface area contributed by atoms with E-state index in [0.29, 0.717) is 5.92 Å². The van der Waals surface area contributed by atoms with Gasteiger partial charge in [0.25, 0.3) is 0 Å². The van der Waals surface area contributed by atoms with E-state index >= 15 is 0 Å². The summed E-state index contributed by atoms with van der Waals surface area (Å²) in [6.45, 7) is 6.27. The lowest BCUT2D eigenvalue weighted by Gasteiger charge is -2.39. The van der Waals surface area contributed by atoms with E-state index in [-0.39, 0.29) is 5.54 Å². The number of rotatable bonds is 4. The molecule has 3 N–H and O–H groups in total. The minimum absolute atomic E-state index is 0.124. The van der Waals surface area contributed by atoms with Crippen LogP contribution in [0.1, 0.15) is 31.4 Å². The summed E-state index contributed by atoms with van der Waals surface area (Å²) in [4.78, 5) is 0. The molecule has 0 aromatic heterocycles. The third-order valence-electron chi connectivity index (χ3n) is 3.80. The van der Waals surface area contributed by atoms with Gasteiger partial charge in [0.1, 0.15) is 0 Å². The van der Waals surface area contributed by atoms with E-state index in [1.54, 1.807) is 0 Å². The van der Waals surface area contributed by atoms with Crippen molar-refractivity contribution < 1.29 is 0 Å². The van der Waals surface area contributed by atoms with E-state index in [2.05, 4.69) is 43.4 Å². The Kier molecular flexibility index (Phi) is 3.85. The van der Waals surface area contributed by atoms with Crippen molar-refractivity contribution in [1.29, 1.82) is 0 Å². The van der Waals surface area contributed by atoms with Gasteiger partial charge in [0.2, 0.25) is 0 Å². The zero-order chi connectivity index (χ0) is 12.3. The summed E-state index contributed by atoms with van der Waals surface area (Å²) < 4.78 is 0. The molecule has 0 radical (unpaired) electrons. The van der Waals surface area contributed by atoms with Crippen LogP contribution in [0.4, 0.5) is 0 Å². The molecule has 0 bridgehead atoms. The predicted octanol–water partition coefficient (Wildman–Crippen LogP) is 2.12. The van der Waals surface area contributed by atoms with Gasteiger partial charge in [-0.1, -0.05) is 38.1 Å². The molecule has 2 heteroatoms. The highest BCUT2D eigenvalue weighted by Crippen LogP contribution is 2.28. The first-order valence-corrected chi connectivity index (χ1v) is 6.67. The van der Waals surface area contributed by atoms with Gasteiger partial charge < -0.3 is 11.1 Å². The summed E-state index contributed by atoms with van der Waals surface area (Å²) in [6, 6.07) is 8.76. The second-order valence-corrected chi connectivity index (χ2v) is 5.70. The van der Waals surface area contributed by atoms with Gasteiger partial charge in [0.15, 0.2) is 0 Å². The van der Waals surface area contributed by atoms with Crippen molar-refractivity contribution in [2.75, 3.05) is 13.1 Å². The number of hydrogen-bond donors (Lipinski definition) is 2. The van der Waals surface area contributed by atoms with E-state index in [4.69, 9.17) is 5.73 Å². The highest BCUT2D eigenvalue weighted by atomic mass is 15.0. The largest absolute Gasteiger partial charge is 0.329 e. The zero-order valence-corrected chi connectivity index (χ0v) is 11.0. The standard InChI is InChI=1S/C15H24N2/c1-12(2)10-17-15(11-16)8-7-13-5-3-4-6-14(13)9-15/h3-6,12,17H,7-11,16H2,1-2H3. The van der Waals surface area contributed by atoms with Crippen LogP contribution in [0.25, 0.3) is 0 Å². The minimum Gasteiger partial charge on any atom is -0.329 e. The van der Waals surface area contributed by atoms with Crippen LogP contribution in [0, 0.1) is 5.92 Å². The van der Waals surface area contributed by atoms with E-state index in [1.165, 1.54) is 11.1 Å². The monoisotopic (exact) mass is 232 g/mol. The van der Waals surface area contributed by atoms with Gasteiger partial charge >= 0.3 is 0 Å². The maximum atomic E-state index is 6.02. The molecule has 1 aromatic carbocycles. The molecule has 94 valence electrons. The van der Waals surface area contributed by atoms with E-state index < -0.39 is 0 Å². The molecule has 1 aliphatic carbocycles. The van der Waals surface area contributed by atoms with Crippen LogP contribution in [0.2, 0.25) is 0 Å². The van der Waals surface area contributed by atoms with Gasteiger partial charge in [-0.25, -0.2) is 0 Å². The van der Waals surface area contributed by atoms with Gasteiger partial charge in [-0.3, -0.25) is 0 Å². The molecule has 1 atom stereocenters. The number of nitrogens with one attached hydrogen (secondary N) is 1. The molecule has 1 aliphatic rings. The van der Waals surface area contributed by atoms with Crippen LogP contribution in [0.3, 0.4) is 0 Å². The fraction of sp³-hybridized carbons (Fsp3) is 0.600. The first-order valence-electron chi connectivity index (χ1n) is 6.67. The van der Waals surface area contributed by atoms with Gasteiger partial charge in [-0.05, 0) is 42.9 Å². The van der Waals surface area contributed by atoms with Crippen molar-refractivity contribution in [2.24, 2.45) is 11.7 Å². The van der Waals surface area contributed by atoms with Crippen molar-refractivity contribution in [1.82, 2.24) is 5.32 Å². The Balaban J connectivity index is 2.11. The Bertz CT molecular complexity index is 373. The topological polar surface area (TPSA) is 38.0 Å². The summed E-state index contributed by atoms with van der Waals surface area (Å²) in [5, 5.41) is 3.70. The maximum absolute atomic E-state index is 6.02. The molecule has 1 unspecified atom stereocenters. The molecule has 0 amide bonds. The molecule has 0 spiro atoms. The first-order chi connectivity index (χ1) is 8.15. The third-order valence-corrected chi connectivity index (χ3v) is 3.80. The lowest BCUT2D eigenvalue weighted by molar-refractivity contribution is 0.281. The third kappa shape index (κ3) is 2.88. The number of benzene rings is 1. The molecule has 2 nitrogen and oxygen atoms in total. The van der Waals surface area contributed by atoms with E-state index in [1.807, 2.05) is 0 Å². The molecular weight excluding hydrogens is 208 g/mol. The Morgan fingerprint density at radius 1 is 1.29 bits per heavy atom. The average molecular weight is 232 g/mol. The number of nitrogens with two attached hydrogens (primary N) is 1. The summed E-state index contributed by atoms with van der Waals surface area (Å²) in [5.74, 6) is 0.676. The molecule has 0 fully saturated rings. The molecule has 2 rings (SSSR count). The van der Waals surface area contributed by atoms with Crippen molar-refractivity contribution in [2.45, 2.75) is 38.6 Å². The van der Waals surface area contributed by atoms with Crippen molar-refractivity contribution in [3.8, 4) is 0 Å². The predicted molar refractivity (Wildman–Crippen MR) is 73.1 cm³/mol. The van der Waals surface area contributed by atoms with Gasteiger partial charge in [-0.15, -0.1) is 0 Å². The lowest BCUT2D eigenvalue weighted by Crippen LogP contribution is -2.55. The van der Waals surface area contributed by atoms with Gasteiger partial charge in [-0.2, -0.15) is 0 Å². The first kappa shape index (κ1) is 12.6. The summed E-state index contributed by atoms with van der Waals surface area (Å²) in [5.41, 5.74) is 9.12. The van der Waals surface area contributed by atoms with Crippen molar-refractivity contribution >= 4 is 0 Å². The van der Waals surface area contributed by atoms with Crippen LogP contribution >= 0.6 is 0 Å². The molecular formula is C15H24N2. The molecule has 0 saturated carbocycles. The summed E-state index contributed by atoms with van der Waals surface area (Å²) in [6.07, 6.45) is 3.39. The van der Waals surface area contributed by atoms with Gasteiger partial charge in [0.05, 0.1) is 0 Å². The fourth-order valence-corrected chi connectivity index (χ4v) is 2.62. The Morgan fingerprint density at radius 3 is 2.65 bits per heavy atom. The number of aryl methyl sites for hydroxylation is 1. The minimum atomic E-state index is 0.124. The Labute approximate surface area is 105 Å². The van der Waals surface area contributed by atoms with Crippen LogP contribution in [0.15, 0.2) is 24.3 Å². The smallest absolute Gasteiger partial charge is 0.0347 e. The molecule has 0 aliphatic heterocycles. The zero-order valence-electron chi connectivity index (χ0n) is 11.0. The Hall–Kier alpha value is -0.860. The highest BCUT2D eigenvalue weighted by Gasteiger charge is 2.32. The molecule has 0 heterocycles. The van der Waals surface area contributed by atoms with E-state index in [0.717, 1.165) is 32.4 Å². The fourth-order valence-electron chi connectivity index (χ4n) is 2.62. The number of fused-ring (bicyclic) bond motifs is 1. The van der Waals surface area contributed by atoms with Crippen LogP contribution in [-0.4, -0.2) is 18.6 Å². The number of hydrogen-bond acceptors (Lipinski definition) is 2. The quantitative estimate of drug-likeness (QED) is 0.834. The van der Waals surface area contributed by atoms with E-state index in [9.17, 15) is 0 Å². The second kappa shape index (κ2) is 5.19. The highest BCUT2D eigenvalue weighted by molar-refractivity contribution is 5.32. The van der Waals surface area contributed by atoms with Crippen LogP contribution in [0.5, 0.6) is 0 Å². The van der Waals surface area contributed by atoms with Crippen molar-refractivity contribution in [3.63, 3.8) is 0 Å². The average Bonchev–Trinajstić information content (AvgIpc) is 2.36. The van der Waals surface area contributed by atoms with Crippen LogP contribution < -0.4 is 11.1 Å². The Morgan fingerprint density at radius 2 is 2.00 bits per heavy atom. The normalized spacial score (nSPS) is 23.8.